The third kappa shape index (κ3) is 30.2. The molecule has 0 aromatic rings. The Hall–Kier alpha value is -0.760. The highest BCUT2D eigenvalue weighted by Gasteiger charge is 2.24. The summed E-state index contributed by atoms with van der Waals surface area (Å²) in [5, 5.41) is 0. The van der Waals surface area contributed by atoms with E-state index in [2.05, 4.69) is 23.6 Å². The van der Waals surface area contributed by atoms with Crippen LogP contribution in [0, 0.1) is 0 Å². The highest BCUT2D eigenvalue weighted by molar-refractivity contribution is 7.47. The number of unbranched alkanes of at least 4 members (excludes halogenated alkanes) is 18. The van der Waals surface area contributed by atoms with Crippen LogP contribution in [0.2, 0.25) is 0 Å². The third-order valence-electron chi connectivity index (χ3n) is 6.73. The van der Waals surface area contributed by atoms with Gasteiger partial charge in [-0.2, -0.15) is 0 Å². The van der Waals surface area contributed by atoms with E-state index in [1.54, 1.807) is 0 Å². The van der Waals surface area contributed by atoms with Gasteiger partial charge >= 0.3 is 13.8 Å². The first-order valence-electron chi connectivity index (χ1n) is 16.1. The van der Waals surface area contributed by atoms with E-state index >= 15 is 0 Å². The predicted molar refractivity (Wildman–Crippen MR) is 164 cm³/mol. The molecule has 9 heteroatoms. The molecule has 0 aromatic carbocycles. The molecule has 0 spiro atoms. The zero-order valence-electron chi connectivity index (χ0n) is 25.8. The van der Waals surface area contributed by atoms with Gasteiger partial charge in [0.15, 0.2) is 0 Å². The van der Waals surface area contributed by atoms with E-state index in [9.17, 15) is 14.3 Å². The zero-order valence-corrected chi connectivity index (χ0v) is 26.7. The molecule has 0 aliphatic carbocycles. The van der Waals surface area contributed by atoms with E-state index in [1.165, 1.54) is 122 Å². The Balaban J connectivity index is 3.49. The van der Waals surface area contributed by atoms with Crippen LogP contribution in [0.4, 0.5) is 0 Å². The lowest BCUT2D eigenvalue weighted by atomic mass is 10.1. The van der Waals surface area contributed by atoms with Gasteiger partial charge < -0.3 is 20.1 Å². The number of hydrogen-bond acceptors (Lipinski definition) is 7. The van der Waals surface area contributed by atoms with E-state index in [4.69, 9.17) is 19.7 Å². The summed E-state index contributed by atoms with van der Waals surface area (Å²) in [5.41, 5.74) is 5.25. The summed E-state index contributed by atoms with van der Waals surface area (Å²) >= 11 is 0. The van der Waals surface area contributed by atoms with Crippen LogP contribution in [0.1, 0.15) is 142 Å². The number of ether oxygens (including phenoxy) is 2. The molecule has 0 aliphatic heterocycles. The van der Waals surface area contributed by atoms with Crippen LogP contribution in [-0.2, 0) is 27.9 Å². The molecule has 238 valence electrons. The zero-order chi connectivity index (χ0) is 29.6. The molecule has 0 aliphatic rings. The van der Waals surface area contributed by atoms with Crippen LogP contribution in [0.5, 0.6) is 0 Å². The fourth-order valence-electron chi connectivity index (χ4n) is 4.46. The maximum atomic E-state index is 11.7. The second-order valence-electron chi connectivity index (χ2n) is 10.8. The Kier molecular flexibility index (Phi) is 29.2. The van der Waals surface area contributed by atoms with Crippen LogP contribution in [0.25, 0.3) is 0 Å². The standard InChI is InChI=1S/C31H62NO7P/c1-3-4-5-6-7-8-9-10-11-12-13-14-15-16-17-18-19-20-21-22-23-24-26-36-28-31(39-30(2)33)29-38-40(34,35)37-27-25-32/h12-13,31H,3-11,14-29,32H2,1-2H3,(H,34,35)/b13-12-. The minimum Gasteiger partial charge on any atom is -0.458 e. The fraction of sp³-hybridized carbons (Fsp3) is 0.903. The van der Waals surface area contributed by atoms with Crippen LogP contribution < -0.4 is 5.73 Å². The average Bonchev–Trinajstić information content (AvgIpc) is 2.92. The minimum atomic E-state index is -4.22. The van der Waals surface area contributed by atoms with Crippen LogP contribution in [0.15, 0.2) is 12.2 Å². The molecule has 0 rings (SSSR count). The second kappa shape index (κ2) is 29.7. The molecule has 0 saturated heterocycles. The topological polar surface area (TPSA) is 117 Å². The lowest BCUT2D eigenvalue weighted by Crippen LogP contribution is -2.27. The van der Waals surface area contributed by atoms with E-state index in [1.807, 2.05) is 0 Å². The number of phosphoric ester groups is 1. The molecule has 2 atom stereocenters. The monoisotopic (exact) mass is 591 g/mol. The van der Waals surface area contributed by atoms with Crippen LogP contribution in [0.3, 0.4) is 0 Å². The molecule has 0 amide bonds. The molecule has 3 N–H and O–H groups in total. The smallest absolute Gasteiger partial charge is 0.458 e. The molecule has 0 radical (unpaired) electrons. The summed E-state index contributed by atoms with van der Waals surface area (Å²) < 4.78 is 32.0. The molecule has 0 bridgehead atoms. The van der Waals surface area contributed by atoms with E-state index in [-0.39, 0.29) is 26.4 Å². The average molecular weight is 592 g/mol. The van der Waals surface area contributed by atoms with Gasteiger partial charge in [0.2, 0.25) is 0 Å². The lowest BCUT2D eigenvalue weighted by Gasteiger charge is -2.19. The van der Waals surface area contributed by atoms with Gasteiger partial charge in [-0.1, -0.05) is 115 Å². The fourth-order valence-corrected chi connectivity index (χ4v) is 5.23. The number of allylic oxidation sites excluding steroid dienone is 2. The number of esters is 1. The van der Waals surface area contributed by atoms with Gasteiger partial charge in [0, 0.05) is 20.1 Å². The molecule has 0 saturated carbocycles. The lowest BCUT2D eigenvalue weighted by molar-refractivity contribution is -0.151. The predicted octanol–water partition coefficient (Wildman–Crippen LogP) is 8.41. The molecule has 0 heterocycles. The molecule has 8 nitrogen and oxygen atoms in total. The van der Waals surface area contributed by atoms with Crippen molar-refractivity contribution < 1.29 is 32.8 Å². The van der Waals surface area contributed by atoms with Gasteiger partial charge in [0.25, 0.3) is 0 Å². The van der Waals surface area contributed by atoms with Crippen molar-refractivity contribution in [3.8, 4) is 0 Å². The highest BCUT2D eigenvalue weighted by Crippen LogP contribution is 2.43. The summed E-state index contributed by atoms with van der Waals surface area (Å²) in [5.74, 6) is -0.506. The first kappa shape index (κ1) is 39.2. The van der Waals surface area contributed by atoms with Crippen molar-refractivity contribution in [1.82, 2.24) is 0 Å². The van der Waals surface area contributed by atoms with Crippen LogP contribution >= 0.6 is 7.82 Å². The van der Waals surface area contributed by atoms with Crippen molar-refractivity contribution >= 4 is 13.8 Å². The van der Waals surface area contributed by atoms with Crippen molar-refractivity contribution in [2.45, 2.75) is 148 Å². The van der Waals surface area contributed by atoms with Gasteiger partial charge in [-0.25, -0.2) is 4.57 Å². The largest absolute Gasteiger partial charge is 0.472 e. The number of carbonyl (C=O) groups is 1. The van der Waals surface area contributed by atoms with Crippen molar-refractivity contribution in [2.75, 3.05) is 33.0 Å². The summed E-state index contributed by atoms with van der Waals surface area (Å²) in [7, 11) is -4.22. The van der Waals surface area contributed by atoms with Gasteiger partial charge in [-0.05, 0) is 32.1 Å². The molecule has 40 heavy (non-hydrogen) atoms. The van der Waals surface area contributed by atoms with Crippen molar-refractivity contribution in [1.29, 1.82) is 0 Å². The van der Waals surface area contributed by atoms with Gasteiger partial charge in [0.1, 0.15) is 6.10 Å². The summed E-state index contributed by atoms with van der Waals surface area (Å²) in [6.07, 6.45) is 30.1. The molecular weight excluding hydrogens is 529 g/mol. The molecular formula is C31H62NO7P. The first-order chi connectivity index (χ1) is 19.4. The number of rotatable bonds is 31. The number of phosphoric acid groups is 1. The Bertz CT molecular complexity index is 633. The minimum absolute atomic E-state index is 0.0974. The summed E-state index contributed by atoms with van der Waals surface area (Å²) in [6, 6.07) is 0. The highest BCUT2D eigenvalue weighted by atomic mass is 31.2. The molecule has 0 aromatic heterocycles. The Morgan fingerprint density at radius 3 is 1.68 bits per heavy atom. The Labute approximate surface area is 245 Å². The first-order valence-corrected chi connectivity index (χ1v) is 17.6. The Morgan fingerprint density at radius 2 is 1.20 bits per heavy atom. The van der Waals surface area contributed by atoms with Crippen molar-refractivity contribution in [3.63, 3.8) is 0 Å². The van der Waals surface area contributed by atoms with Crippen LogP contribution in [-0.4, -0.2) is 49.9 Å². The van der Waals surface area contributed by atoms with Crippen molar-refractivity contribution in [2.24, 2.45) is 5.73 Å². The van der Waals surface area contributed by atoms with Gasteiger partial charge in [0.05, 0.1) is 19.8 Å². The SMILES string of the molecule is CCCCCCCCCC/C=C\CCCCCCCCCCCCOCC(COP(=O)(O)OCCN)OC(C)=O. The van der Waals surface area contributed by atoms with E-state index < -0.39 is 19.9 Å². The molecule has 0 fully saturated rings. The number of carbonyl (C=O) groups excluding carboxylic acids is 1. The normalized spacial score (nSPS) is 14.0. The van der Waals surface area contributed by atoms with Gasteiger partial charge in [-0.15, -0.1) is 0 Å². The quantitative estimate of drug-likeness (QED) is 0.0357. The molecule has 2 unspecified atom stereocenters. The van der Waals surface area contributed by atoms with E-state index in [0.717, 1.165) is 12.8 Å². The summed E-state index contributed by atoms with van der Waals surface area (Å²) in [4.78, 5) is 20.8. The second-order valence-corrected chi connectivity index (χ2v) is 12.2. The maximum Gasteiger partial charge on any atom is 0.472 e. The third-order valence-corrected chi connectivity index (χ3v) is 7.72. The summed E-state index contributed by atoms with van der Waals surface area (Å²) in [6.45, 7) is 3.91. The van der Waals surface area contributed by atoms with Gasteiger partial charge in [-0.3, -0.25) is 13.8 Å². The van der Waals surface area contributed by atoms with Crippen molar-refractivity contribution in [3.05, 3.63) is 12.2 Å². The number of hydrogen-bond donors (Lipinski definition) is 2. The number of nitrogens with two attached hydrogens (primary N) is 1. The van der Waals surface area contributed by atoms with E-state index in [0.29, 0.717) is 6.61 Å². The maximum absolute atomic E-state index is 11.7. The Morgan fingerprint density at radius 1 is 0.725 bits per heavy atom.